The number of benzene rings is 1. The van der Waals surface area contributed by atoms with Crippen LogP contribution in [0.15, 0.2) is 42.7 Å². The maximum Gasteiger partial charge on any atom is 0.142 e. The molecule has 0 aliphatic rings. The molecule has 1 atom stereocenters. The van der Waals surface area contributed by atoms with Gasteiger partial charge < -0.3 is 4.74 Å². The average molecular weight is 285 g/mol. The zero-order valence-corrected chi connectivity index (χ0v) is 12.8. The molecule has 1 aromatic heterocycles. The fourth-order valence-corrected chi connectivity index (χ4v) is 2.54. The lowest BCUT2D eigenvalue weighted by atomic mass is 9.95. The summed E-state index contributed by atoms with van der Waals surface area (Å²) in [6.07, 6.45) is 4.51. The van der Waals surface area contributed by atoms with Crippen molar-refractivity contribution >= 4 is 0 Å². The Morgan fingerprint density at radius 3 is 2.76 bits per heavy atom. The molecule has 1 unspecified atom stereocenters. The quantitative estimate of drug-likeness (QED) is 0.633. The normalized spacial score (nSPS) is 12.4. The molecule has 0 spiro atoms. The number of nitrogens with one attached hydrogen (secondary N) is 1. The summed E-state index contributed by atoms with van der Waals surface area (Å²) < 4.78 is 5.39. The van der Waals surface area contributed by atoms with E-state index in [1.165, 1.54) is 5.56 Å². The second kappa shape index (κ2) is 7.20. The zero-order chi connectivity index (χ0) is 15.2. The highest BCUT2D eigenvalue weighted by molar-refractivity contribution is 5.40. The number of hydrazine groups is 1. The van der Waals surface area contributed by atoms with Crippen molar-refractivity contribution in [3.63, 3.8) is 0 Å². The van der Waals surface area contributed by atoms with Crippen molar-refractivity contribution in [2.24, 2.45) is 11.8 Å². The lowest BCUT2D eigenvalue weighted by Gasteiger charge is -2.20. The van der Waals surface area contributed by atoms with Crippen molar-refractivity contribution in [3.8, 4) is 5.75 Å². The molecule has 4 heteroatoms. The number of pyridine rings is 1. The smallest absolute Gasteiger partial charge is 0.142 e. The maximum atomic E-state index is 5.79. The molecule has 112 valence electrons. The van der Waals surface area contributed by atoms with Crippen LogP contribution in [-0.2, 0) is 6.42 Å². The first kappa shape index (κ1) is 15.5. The van der Waals surface area contributed by atoms with Gasteiger partial charge in [0.1, 0.15) is 5.75 Å². The molecule has 0 radical (unpaired) electrons. The molecular weight excluding hydrogens is 262 g/mol. The van der Waals surface area contributed by atoms with E-state index in [1.807, 2.05) is 6.07 Å². The van der Waals surface area contributed by atoms with Gasteiger partial charge in [0.15, 0.2) is 0 Å². The van der Waals surface area contributed by atoms with Gasteiger partial charge >= 0.3 is 0 Å². The van der Waals surface area contributed by atoms with Gasteiger partial charge in [-0.3, -0.25) is 10.8 Å². The minimum Gasteiger partial charge on any atom is -0.495 e. The van der Waals surface area contributed by atoms with Crippen LogP contribution in [0, 0.1) is 5.92 Å². The van der Waals surface area contributed by atoms with Crippen LogP contribution in [0.2, 0.25) is 0 Å². The Kier molecular flexibility index (Phi) is 5.31. The fourth-order valence-electron chi connectivity index (χ4n) is 2.54. The summed E-state index contributed by atoms with van der Waals surface area (Å²) in [4.78, 5) is 4.09. The van der Waals surface area contributed by atoms with Gasteiger partial charge in [0, 0.05) is 11.8 Å². The third kappa shape index (κ3) is 3.80. The van der Waals surface area contributed by atoms with Crippen LogP contribution in [0.4, 0.5) is 0 Å². The summed E-state index contributed by atoms with van der Waals surface area (Å²) in [5.41, 5.74) is 6.31. The van der Waals surface area contributed by atoms with Crippen LogP contribution in [0.3, 0.4) is 0 Å². The molecule has 1 heterocycles. The second-order valence-corrected chi connectivity index (χ2v) is 5.56. The fraction of sp³-hybridized carbons (Fsp3) is 0.353. The van der Waals surface area contributed by atoms with Crippen LogP contribution >= 0.6 is 0 Å². The Balaban J connectivity index is 2.37. The van der Waals surface area contributed by atoms with Gasteiger partial charge in [-0.05, 0) is 29.5 Å². The molecule has 1 aromatic carbocycles. The van der Waals surface area contributed by atoms with Gasteiger partial charge in [0.2, 0.25) is 0 Å². The third-order valence-electron chi connectivity index (χ3n) is 3.44. The number of methoxy groups -OCH3 is 1. The minimum atomic E-state index is -0.116. The molecule has 0 amide bonds. The summed E-state index contributed by atoms with van der Waals surface area (Å²) in [6, 6.07) is 10.3. The molecule has 0 fully saturated rings. The Labute approximate surface area is 126 Å². The van der Waals surface area contributed by atoms with Crippen LogP contribution < -0.4 is 16.0 Å². The van der Waals surface area contributed by atoms with E-state index in [0.29, 0.717) is 5.92 Å². The first-order valence-electron chi connectivity index (χ1n) is 7.18. The monoisotopic (exact) mass is 285 g/mol. The van der Waals surface area contributed by atoms with Crippen molar-refractivity contribution in [3.05, 3.63) is 59.4 Å². The molecule has 2 aromatic rings. The molecule has 3 N–H and O–H groups in total. The van der Waals surface area contributed by atoms with Crippen molar-refractivity contribution in [1.29, 1.82) is 0 Å². The van der Waals surface area contributed by atoms with Crippen LogP contribution in [0.25, 0.3) is 0 Å². The van der Waals surface area contributed by atoms with Crippen LogP contribution in [0.1, 0.15) is 36.6 Å². The number of ether oxygens (including phenoxy) is 1. The molecule has 0 aliphatic heterocycles. The van der Waals surface area contributed by atoms with Crippen molar-refractivity contribution < 1.29 is 4.74 Å². The molecule has 0 aliphatic carbocycles. The largest absolute Gasteiger partial charge is 0.495 e. The number of hydrogen-bond donors (Lipinski definition) is 2. The van der Waals surface area contributed by atoms with E-state index in [2.05, 4.69) is 48.5 Å². The van der Waals surface area contributed by atoms with E-state index in [9.17, 15) is 0 Å². The van der Waals surface area contributed by atoms with Gasteiger partial charge in [-0.2, -0.15) is 0 Å². The van der Waals surface area contributed by atoms with Gasteiger partial charge in [-0.15, -0.1) is 0 Å². The number of nitrogens with zero attached hydrogens (tertiary/aromatic N) is 1. The molecule has 4 nitrogen and oxygen atoms in total. The van der Waals surface area contributed by atoms with E-state index in [-0.39, 0.29) is 6.04 Å². The van der Waals surface area contributed by atoms with E-state index in [1.54, 1.807) is 19.5 Å². The van der Waals surface area contributed by atoms with Crippen LogP contribution in [0.5, 0.6) is 5.75 Å². The van der Waals surface area contributed by atoms with E-state index >= 15 is 0 Å². The summed E-state index contributed by atoms with van der Waals surface area (Å²) in [7, 11) is 1.64. The predicted molar refractivity (Wildman–Crippen MR) is 84.9 cm³/mol. The number of nitrogens with two attached hydrogens (primary N) is 1. The SMILES string of the molecule is COc1cnccc1C(NN)c1cccc(CC(C)C)c1. The average Bonchev–Trinajstić information content (AvgIpc) is 2.48. The Morgan fingerprint density at radius 1 is 1.29 bits per heavy atom. The molecule has 0 bridgehead atoms. The topological polar surface area (TPSA) is 60.2 Å². The summed E-state index contributed by atoms with van der Waals surface area (Å²) in [5, 5.41) is 0. The number of hydrogen-bond acceptors (Lipinski definition) is 4. The highest BCUT2D eigenvalue weighted by Crippen LogP contribution is 2.29. The van der Waals surface area contributed by atoms with Crippen molar-refractivity contribution in [1.82, 2.24) is 10.4 Å². The van der Waals surface area contributed by atoms with Crippen molar-refractivity contribution in [2.75, 3.05) is 7.11 Å². The summed E-state index contributed by atoms with van der Waals surface area (Å²) in [5.74, 6) is 7.14. The van der Waals surface area contributed by atoms with E-state index < -0.39 is 0 Å². The summed E-state index contributed by atoms with van der Waals surface area (Å²) >= 11 is 0. The maximum absolute atomic E-state index is 5.79. The number of aromatic nitrogens is 1. The second-order valence-electron chi connectivity index (χ2n) is 5.56. The van der Waals surface area contributed by atoms with E-state index in [4.69, 9.17) is 10.6 Å². The van der Waals surface area contributed by atoms with E-state index in [0.717, 1.165) is 23.3 Å². The Hall–Kier alpha value is -1.91. The third-order valence-corrected chi connectivity index (χ3v) is 3.44. The van der Waals surface area contributed by atoms with Gasteiger partial charge in [0.25, 0.3) is 0 Å². The summed E-state index contributed by atoms with van der Waals surface area (Å²) in [6.45, 7) is 4.44. The molecule has 0 saturated heterocycles. The van der Waals surface area contributed by atoms with Gasteiger partial charge in [-0.1, -0.05) is 38.1 Å². The Morgan fingerprint density at radius 2 is 2.10 bits per heavy atom. The van der Waals surface area contributed by atoms with Gasteiger partial charge in [0.05, 0.1) is 19.3 Å². The standard InChI is InChI=1S/C17H23N3O/c1-12(2)9-13-5-4-6-14(10-13)17(20-18)15-7-8-19-11-16(15)21-3/h4-8,10-12,17,20H,9,18H2,1-3H3. The zero-order valence-electron chi connectivity index (χ0n) is 12.8. The minimum absolute atomic E-state index is 0.116. The predicted octanol–water partition coefficient (Wildman–Crippen LogP) is 2.84. The Bertz CT molecular complexity index is 584. The highest BCUT2D eigenvalue weighted by atomic mass is 16.5. The van der Waals surface area contributed by atoms with Crippen molar-refractivity contribution in [2.45, 2.75) is 26.3 Å². The first-order chi connectivity index (χ1) is 10.2. The highest BCUT2D eigenvalue weighted by Gasteiger charge is 2.17. The van der Waals surface area contributed by atoms with Gasteiger partial charge in [-0.25, -0.2) is 5.43 Å². The molecule has 2 rings (SSSR count). The molecule has 0 saturated carbocycles. The molecular formula is C17H23N3O. The first-order valence-corrected chi connectivity index (χ1v) is 7.18. The molecule has 21 heavy (non-hydrogen) atoms. The lowest BCUT2D eigenvalue weighted by molar-refractivity contribution is 0.402. The number of rotatable bonds is 6. The van der Waals surface area contributed by atoms with Crippen LogP contribution in [-0.4, -0.2) is 12.1 Å². The lowest BCUT2D eigenvalue weighted by Crippen LogP contribution is -2.29.